The zero-order valence-corrected chi connectivity index (χ0v) is 8.74. The SMILES string of the molecule is CCc1cc(O)ccc1C(=O)N(C)C. The molecule has 1 aromatic carbocycles. The molecule has 1 aromatic rings. The second kappa shape index (κ2) is 4.13. The lowest BCUT2D eigenvalue weighted by atomic mass is 10.0. The minimum absolute atomic E-state index is 0.0261. The van der Waals surface area contributed by atoms with Gasteiger partial charge in [-0.25, -0.2) is 0 Å². The number of aryl methyl sites for hydroxylation is 1. The summed E-state index contributed by atoms with van der Waals surface area (Å²) < 4.78 is 0. The molecule has 0 fully saturated rings. The van der Waals surface area contributed by atoms with Crippen LogP contribution in [0.4, 0.5) is 0 Å². The fourth-order valence-electron chi connectivity index (χ4n) is 1.32. The average Bonchev–Trinajstić information content (AvgIpc) is 2.16. The Bertz CT molecular complexity index is 345. The molecule has 0 aliphatic rings. The molecule has 3 heteroatoms. The van der Waals surface area contributed by atoms with E-state index in [1.807, 2.05) is 6.92 Å². The van der Waals surface area contributed by atoms with E-state index in [1.54, 1.807) is 26.2 Å². The molecule has 0 bridgehead atoms. The van der Waals surface area contributed by atoms with Gasteiger partial charge in [0.05, 0.1) is 0 Å². The minimum atomic E-state index is -0.0261. The number of phenolic OH excluding ortho intramolecular Hbond substituents is 1. The van der Waals surface area contributed by atoms with E-state index in [9.17, 15) is 9.90 Å². The van der Waals surface area contributed by atoms with Gasteiger partial charge in [-0.2, -0.15) is 0 Å². The molecule has 0 aliphatic heterocycles. The topological polar surface area (TPSA) is 40.5 Å². The van der Waals surface area contributed by atoms with Crippen LogP contribution in [0, 0.1) is 0 Å². The van der Waals surface area contributed by atoms with Crippen LogP contribution in [-0.4, -0.2) is 30.0 Å². The Kier molecular flexibility index (Phi) is 3.12. The number of hydrogen-bond acceptors (Lipinski definition) is 2. The molecule has 3 nitrogen and oxygen atoms in total. The number of rotatable bonds is 2. The molecule has 0 aromatic heterocycles. The molecular formula is C11H15NO2. The Balaban J connectivity index is 3.14. The van der Waals surface area contributed by atoms with E-state index >= 15 is 0 Å². The first-order valence-electron chi connectivity index (χ1n) is 4.59. The van der Waals surface area contributed by atoms with Gasteiger partial charge in [0.15, 0.2) is 0 Å². The van der Waals surface area contributed by atoms with E-state index < -0.39 is 0 Å². The normalized spacial score (nSPS) is 9.93. The largest absolute Gasteiger partial charge is 0.508 e. The van der Waals surface area contributed by atoms with Crippen LogP contribution in [-0.2, 0) is 6.42 Å². The summed E-state index contributed by atoms with van der Waals surface area (Å²) in [4.78, 5) is 13.2. The molecule has 1 amide bonds. The van der Waals surface area contributed by atoms with Crippen LogP contribution in [0.15, 0.2) is 18.2 Å². The van der Waals surface area contributed by atoms with E-state index in [0.717, 1.165) is 12.0 Å². The molecule has 0 aliphatic carbocycles. The Morgan fingerprint density at radius 3 is 2.57 bits per heavy atom. The van der Waals surface area contributed by atoms with Crippen molar-refractivity contribution in [1.82, 2.24) is 4.90 Å². The first-order valence-corrected chi connectivity index (χ1v) is 4.59. The number of nitrogens with zero attached hydrogens (tertiary/aromatic N) is 1. The maximum Gasteiger partial charge on any atom is 0.253 e. The highest BCUT2D eigenvalue weighted by molar-refractivity contribution is 5.95. The first-order chi connectivity index (χ1) is 6.56. The Labute approximate surface area is 84.0 Å². The lowest BCUT2D eigenvalue weighted by Gasteiger charge is -2.13. The van der Waals surface area contributed by atoms with Crippen molar-refractivity contribution in [3.05, 3.63) is 29.3 Å². The average molecular weight is 193 g/mol. The quantitative estimate of drug-likeness (QED) is 0.776. The zero-order chi connectivity index (χ0) is 10.7. The van der Waals surface area contributed by atoms with Gasteiger partial charge in [-0.15, -0.1) is 0 Å². The van der Waals surface area contributed by atoms with Crippen LogP contribution in [0.3, 0.4) is 0 Å². The third-order valence-corrected chi connectivity index (χ3v) is 2.11. The van der Waals surface area contributed by atoms with Crippen LogP contribution >= 0.6 is 0 Å². The van der Waals surface area contributed by atoms with Crippen molar-refractivity contribution in [3.8, 4) is 5.75 Å². The Morgan fingerprint density at radius 2 is 2.07 bits per heavy atom. The zero-order valence-electron chi connectivity index (χ0n) is 8.74. The third kappa shape index (κ3) is 2.05. The minimum Gasteiger partial charge on any atom is -0.508 e. The van der Waals surface area contributed by atoms with Gasteiger partial charge < -0.3 is 10.0 Å². The van der Waals surface area contributed by atoms with E-state index in [2.05, 4.69) is 0 Å². The standard InChI is InChI=1S/C11H15NO2/c1-4-8-7-9(13)5-6-10(8)11(14)12(2)3/h5-7,13H,4H2,1-3H3. The predicted octanol–water partition coefficient (Wildman–Crippen LogP) is 1.66. The molecule has 0 unspecified atom stereocenters. The van der Waals surface area contributed by atoms with E-state index in [0.29, 0.717) is 5.56 Å². The lowest BCUT2D eigenvalue weighted by Crippen LogP contribution is -2.22. The van der Waals surface area contributed by atoms with Crippen molar-refractivity contribution in [3.63, 3.8) is 0 Å². The van der Waals surface area contributed by atoms with Crippen molar-refractivity contribution < 1.29 is 9.90 Å². The Hall–Kier alpha value is -1.51. The van der Waals surface area contributed by atoms with E-state index in [1.165, 1.54) is 11.0 Å². The molecule has 1 rings (SSSR count). The van der Waals surface area contributed by atoms with Gasteiger partial charge in [-0.05, 0) is 30.2 Å². The van der Waals surface area contributed by atoms with Crippen LogP contribution in [0.2, 0.25) is 0 Å². The molecule has 0 spiro atoms. The second-order valence-corrected chi connectivity index (χ2v) is 3.39. The highest BCUT2D eigenvalue weighted by Gasteiger charge is 2.12. The summed E-state index contributed by atoms with van der Waals surface area (Å²) in [6.45, 7) is 1.96. The Morgan fingerprint density at radius 1 is 1.43 bits per heavy atom. The van der Waals surface area contributed by atoms with E-state index in [4.69, 9.17) is 0 Å². The lowest BCUT2D eigenvalue weighted by molar-refractivity contribution is 0.0826. The van der Waals surface area contributed by atoms with Crippen molar-refractivity contribution in [2.75, 3.05) is 14.1 Å². The molecule has 1 N–H and O–H groups in total. The molecule has 0 radical (unpaired) electrons. The van der Waals surface area contributed by atoms with Crippen LogP contribution < -0.4 is 0 Å². The second-order valence-electron chi connectivity index (χ2n) is 3.39. The molecule has 0 saturated heterocycles. The number of phenols is 1. The maximum absolute atomic E-state index is 11.7. The van der Waals surface area contributed by atoms with Crippen molar-refractivity contribution >= 4 is 5.91 Å². The van der Waals surface area contributed by atoms with Gasteiger partial charge >= 0.3 is 0 Å². The number of hydrogen-bond donors (Lipinski definition) is 1. The molecular weight excluding hydrogens is 178 g/mol. The molecule has 0 saturated carbocycles. The number of carbonyl (C=O) groups is 1. The van der Waals surface area contributed by atoms with Gasteiger partial charge in [0, 0.05) is 19.7 Å². The van der Waals surface area contributed by atoms with Crippen LogP contribution in [0.5, 0.6) is 5.75 Å². The summed E-state index contributed by atoms with van der Waals surface area (Å²) in [6, 6.07) is 4.84. The summed E-state index contributed by atoms with van der Waals surface area (Å²) in [5, 5.41) is 9.26. The van der Waals surface area contributed by atoms with Crippen molar-refractivity contribution in [2.24, 2.45) is 0 Å². The molecule has 0 atom stereocenters. The monoisotopic (exact) mass is 193 g/mol. The molecule has 76 valence electrons. The summed E-state index contributed by atoms with van der Waals surface area (Å²) in [6.07, 6.45) is 0.739. The fourth-order valence-corrected chi connectivity index (χ4v) is 1.32. The first kappa shape index (κ1) is 10.6. The number of amides is 1. The number of aromatic hydroxyl groups is 1. The highest BCUT2D eigenvalue weighted by Crippen LogP contribution is 2.18. The van der Waals surface area contributed by atoms with Crippen LogP contribution in [0.1, 0.15) is 22.8 Å². The van der Waals surface area contributed by atoms with Gasteiger partial charge in [0.25, 0.3) is 5.91 Å². The van der Waals surface area contributed by atoms with Gasteiger partial charge in [-0.1, -0.05) is 6.92 Å². The highest BCUT2D eigenvalue weighted by atomic mass is 16.3. The predicted molar refractivity (Wildman–Crippen MR) is 55.5 cm³/mol. The summed E-state index contributed by atoms with van der Waals surface area (Å²) in [5.41, 5.74) is 1.54. The molecule has 14 heavy (non-hydrogen) atoms. The van der Waals surface area contributed by atoms with Gasteiger partial charge in [0.2, 0.25) is 0 Å². The van der Waals surface area contributed by atoms with Crippen molar-refractivity contribution in [2.45, 2.75) is 13.3 Å². The number of carbonyl (C=O) groups excluding carboxylic acids is 1. The number of benzene rings is 1. The van der Waals surface area contributed by atoms with Gasteiger partial charge in [-0.3, -0.25) is 4.79 Å². The van der Waals surface area contributed by atoms with Gasteiger partial charge in [0.1, 0.15) is 5.75 Å². The van der Waals surface area contributed by atoms with Crippen LogP contribution in [0.25, 0.3) is 0 Å². The summed E-state index contributed by atoms with van der Waals surface area (Å²) in [5.74, 6) is 0.180. The summed E-state index contributed by atoms with van der Waals surface area (Å²) in [7, 11) is 3.43. The smallest absolute Gasteiger partial charge is 0.253 e. The maximum atomic E-state index is 11.7. The van der Waals surface area contributed by atoms with Crippen molar-refractivity contribution in [1.29, 1.82) is 0 Å². The third-order valence-electron chi connectivity index (χ3n) is 2.11. The fraction of sp³-hybridized carbons (Fsp3) is 0.364. The summed E-state index contributed by atoms with van der Waals surface area (Å²) >= 11 is 0. The van der Waals surface area contributed by atoms with E-state index in [-0.39, 0.29) is 11.7 Å². The molecule has 0 heterocycles.